The lowest BCUT2D eigenvalue weighted by Crippen LogP contribution is -2.28. The monoisotopic (exact) mass is 196 g/mol. The van der Waals surface area contributed by atoms with Crippen LogP contribution in [0.15, 0.2) is 10.6 Å². The van der Waals surface area contributed by atoms with E-state index in [9.17, 15) is 0 Å². The number of hydrogen-bond donors (Lipinski definition) is 1. The van der Waals surface area contributed by atoms with Crippen molar-refractivity contribution < 1.29 is 0 Å². The second-order valence-corrected chi connectivity index (χ2v) is 3.10. The fourth-order valence-electron chi connectivity index (χ4n) is 0.674. The summed E-state index contributed by atoms with van der Waals surface area (Å²) in [4.78, 5) is 2.09. The van der Waals surface area contributed by atoms with Crippen molar-refractivity contribution in [3.63, 3.8) is 0 Å². The molecule has 0 aromatic heterocycles. The Hall–Kier alpha value is 0.240. The Morgan fingerprint density at radius 1 is 1.64 bits per heavy atom. The molecular weight excluding hydrogens is 183 g/mol. The maximum Gasteiger partial charge on any atom is 0.0434 e. The van der Waals surface area contributed by atoms with Crippen LogP contribution in [0.25, 0.3) is 0 Å². The minimum Gasteiger partial charge on any atom is -0.318 e. The van der Waals surface area contributed by atoms with Crippen molar-refractivity contribution >= 4 is 23.2 Å². The van der Waals surface area contributed by atoms with Crippen molar-refractivity contribution in [2.45, 2.75) is 0 Å². The van der Waals surface area contributed by atoms with Crippen LogP contribution >= 0.6 is 23.2 Å². The van der Waals surface area contributed by atoms with E-state index in [-0.39, 0.29) is 0 Å². The van der Waals surface area contributed by atoms with Gasteiger partial charge in [0.1, 0.15) is 0 Å². The Bertz CT molecular complexity index is 126. The maximum atomic E-state index is 5.71. The van der Waals surface area contributed by atoms with E-state index < -0.39 is 0 Å². The molecule has 0 aliphatic carbocycles. The largest absolute Gasteiger partial charge is 0.318 e. The third-order valence-electron chi connectivity index (χ3n) is 1.28. The quantitative estimate of drug-likeness (QED) is 0.717. The topological polar surface area (TPSA) is 15.3 Å². The fourth-order valence-corrected chi connectivity index (χ4v) is 0.947. The minimum atomic E-state index is 0.672. The van der Waals surface area contributed by atoms with E-state index in [1.54, 1.807) is 0 Å². The molecule has 0 aliphatic rings. The molecule has 0 heterocycles. The van der Waals surface area contributed by atoms with Crippen LogP contribution in [0.2, 0.25) is 0 Å². The zero-order valence-corrected chi connectivity index (χ0v) is 8.41. The molecule has 66 valence electrons. The Labute approximate surface area is 78.2 Å². The van der Waals surface area contributed by atoms with Gasteiger partial charge in [-0.25, -0.2) is 0 Å². The Morgan fingerprint density at radius 2 is 2.27 bits per heavy atom. The number of rotatable bonds is 5. The van der Waals surface area contributed by atoms with Gasteiger partial charge >= 0.3 is 0 Å². The molecule has 0 bridgehead atoms. The van der Waals surface area contributed by atoms with Crippen LogP contribution in [0.5, 0.6) is 0 Å². The van der Waals surface area contributed by atoms with Crippen molar-refractivity contribution in [2.75, 3.05) is 33.7 Å². The molecule has 0 saturated carbocycles. The first-order valence-electron chi connectivity index (χ1n) is 3.48. The summed E-state index contributed by atoms with van der Waals surface area (Å²) in [6.45, 7) is 2.65. The van der Waals surface area contributed by atoms with Gasteiger partial charge in [-0.15, -0.1) is 0 Å². The summed E-state index contributed by atoms with van der Waals surface area (Å²) in [7, 11) is 3.92. The molecule has 2 nitrogen and oxygen atoms in total. The number of halogens is 2. The molecule has 0 unspecified atom stereocenters. The summed E-state index contributed by atoms with van der Waals surface area (Å²) >= 11 is 11.1. The van der Waals surface area contributed by atoms with Crippen LogP contribution < -0.4 is 5.32 Å². The van der Waals surface area contributed by atoms with Gasteiger partial charge in [-0.1, -0.05) is 23.2 Å². The summed E-state index contributed by atoms with van der Waals surface area (Å²) in [5.41, 5.74) is 1.40. The predicted molar refractivity (Wildman–Crippen MR) is 51.2 cm³/mol. The van der Waals surface area contributed by atoms with Gasteiger partial charge in [-0.05, 0) is 14.1 Å². The fraction of sp³-hybridized carbons (Fsp3) is 0.714. The lowest BCUT2D eigenvalue weighted by atomic mass is 10.5. The Balaban J connectivity index is 3.43. The number of likely N-dealkylation sites (N-methyl/N-ethyl adjacent to an activating group) is 2. The van der Waals surface area contributed by atoms with Crippen LogP contribution in [0.1, 0.15) is 0 Å². The third-order valence-corrected chi connectivity index (χ3v) is 1.89. The maximum absolute atomic E-state index is 5.71. The summed E-state index contributed by atoms with van der Waals surface area (Å²) < 4.78 is 0. The first kappa shape index (κ1) is 11.2. The van der Waals surface area contributed by atoms with Crippen LogP contribution in [0.4, 0.5) is 0 Å². The van der Waals surface area contributed by atoms with E-state index >= 15 is 0 Å². The van der Waals surface area contributed by atoms with Gasteiger partial charge < -0.3 is 5.32 Å². The van der Waals surface area contributed by atoms with Gasteiger partial charge in [0.05, 0.1) is 0 Å². The number of nitrogens with one attached hydrogen (secondary N) is 1. The molecule has 0 spiro atoms. The standard InChI is InChI=1S/C7H14Cl2N2/c1-10-3-4-11(2)6-7(9)5-8/h5,10H,3-4,6H2,1-2H3. The zero-order chi connectivity index (χ0) is 8.69. The van der Waals surface area contributed by atoms with Gasteiger partial charge in [0.25, 0.3) is 0 Å². The first-order valence-corrected chi connectivity index (χ1v) is 4.30. The van der Waals surface area contributed by atoms with E-state index in [1.807, 2.05) is 14.1 Å². The second-order valence-electron chi connectivity index (χ2n) is 2.40. The summed E-state index contributed by atoms with van der Waals surface area (Å²) in [6, 6.07) is 0. The average Bonchev–Trinajstić information content (AvgIpc) is 2.00. The van der Waals surface area contributed by atoms with Crippen molar-refractivity contribution in [3.8, 4) is 0 Å². The normalized spacial score (nSPS) is 12.6. The highest BCUT2D eigenvalue weighted by Crippen LogP contribution is 2.03. The molecule has 0 aromatic carbocycles. The molecule has 0 saturated heterocycles. The van der Waals surface area contributed by atoms with E-state index in [2.05, 4.69) is 10.2 Å². The molecule has 1 N–H and O–H groups in total. The van der Waals surface area contributed by atoms with Gasteiger partial charge in [0, 0.05) is 30.2 Å². The Morgan fingerprint density at radius 3 is 2.73 bits per heavy atom. The molecule has 0 fully saturated rings. The average molecular weight is 197 g/mol. The highest BCUT2D eigenvalue weighted by atomic mass is 35.5. The molecule has 11 heavy (non-hydrogen) atoms. The molecule has 0 rings (SSSR count). The summed E-state index contributed by atoms with van der Waals surface area (Å²) in [5, 5.41) is 3.72. The molecule has 0 aliphatic heterocycles. The molecule has 4 heteroatoms. The molecule has 0 atom stereocenters. The summed E-state index contributed by atoms with van der Waals surface area (Å²) in [5.74, 6) is 0. The minimum absolute atomic E-state index is 0.672. The predicted octanol–water partition coefficient (Wildman–Crippen LogP) is 1.46. The van der Waals surface area contributed by atoms with Gasteiger partial charge in [-0.3, -0.25) is 4.90 Å². The van der Waals surface area contributed by atoms with E-state index in [0.717, 1.165) is 13.1 Å². The van der Waals surface area contributed by atoms with Gasteiger partial charge in [-0.2, -0.15) is 0 Å². The van der Waals surface area contributed by atoms with Crippen molar-refractivity contribution in [1.29, 1.82) is 0 Å². The van der Waals surface area contributed by atoms with E-state index in [4.69, 9.17) is 23.2 Å². The van der Waals surface area contributed by atoms with E-state index in [1.165, 1.54) is 5.54 Å². The van der Waals surface area contributed by atoms with Gasteiger partial charge in [0.15, 0.2) is 0 Å². The van der Waals surface area contributed by atoms with Crippen molar-refractivity contribution in [2.24, 2.45) is 0 Å². The number of nitrogens with zero attached hydrogens (tertiary/aromatic N) is 1. The molecule has 0 aromatic rings. The molecular formula is C7H14Cl2N2. The lowest BCUT2D eigenvalue weighted by Gasteiger charge is -2.14. The van der Waals surface area contributed by atoms with Crippen LogP contribution in [-0.2, 0) is 0 Å². The number of hydrogen-bond acceptors (Lipinski definition) is 2. The van der Waals surface area contributed by atoms with Crippen LogP contribution in [-0.4, -0.2) is 38.6 Å². The highest BCUT2D eigenvalue weighted by molar-refractivity contribution is 6.36. The first-order chi connectivity index (χ1) is 5.20. The SMILES string of the molecule is CNCCN(C)CC(Cl)=CCl. The van der Waals surface area contributed by atoms with Gasteiger partial charge in [0.2, 0.25) is 0 Å². The molecule has 0 radical (unpaired) electrons. The highest BCUT2D eigenvalue weighted by Gasteiger charge is 1.98. The zero-order valence-electron chi connectivity index (χ0n) is 6.90. The van der Waals surface area contributed by atoms with Crippen LogP contribution in [0.3, 0.4) is 0 Å². The Kier molecular flexibility index (Phi) is 7.07. The molecule has 0 amide bonds. The van der Waals surface area contributed by atoms with E-state index in [0.29, 0.717) is 11.6 Å². The van der Waals surface area contributed by atoms with Crippen molar-refractivity contribution in [3.05, 3.63) is 10.6 Å². The second kappa shape index (κ2) is 6.92. The van der Waals surface area contributed by atoms with Crippen molar-refractivity contribution in [1.82, 2.24) is 10.2 Å². The third kappa shape index (κ3) is 6.63. The lowest BCUT2D eigenvalue weighted by molar-refractivity contribution is 0.368. The van der Waals surface area contributed by atoms with Crippen LogP contribution in [0, 0.1) is 0 Å². The smallest absolute Gasteiger partial charge is 0.0434 e. The summed E-state index contributed by atoms with van der Waals surface area (Å²) in [6.07, 6.45) is 0.